The second-order valence-corrected chi connectivity index (χ2v) is 8.30. The van der Waals surface area contributed by atoms with Crippen LogP contribution < -0.4 is 4.74 Å². The Morgan fingerprint density at radius 2 is 1.86 bits per heavy atom. The van der Waals surface area contributed by atoms with E-state index in [1.165, 1.54) is 49.7 Å². The number of hydrogen-bond donors (Lipinski definition) is 1. The zero-order valence-corrected chi connectivity index (χ0v) is 16.3. The highest BCUT2D eigenvalue weighted by Gasteiger charge is 2.24. The van der Waals surface area contributed by atoms with Crippen molar-refractivity contribution in [1.82, 2.24) is 9.55 Å². The van der Waals surface area contributed by atoms with Gasteiger partial charge in [-0.3, -0.25) is 0 Å². The maximum atomic E-state index is 10.7. The van der Waals surface area contributed by atoms with Crippen molar-refractivity contribution in [3.8, 4) is 5.75 Å². The number of aryl methyl sites for hydroxylation is 2. The number of aliphatic hydroxyl groups excluding tert-OH is 1. The molecule has 3 aromatic rings. The maximum absolute atomic E-state index is 10.7. The third-order valence-electron chi connectivity index (χ3n) is 6.31. The number of ether oxygens (including phenoxy) is 1. The first-order valence-electron chi connectivity index (χ1n) is 10.7. The van der Waals surface area contributed by atoms with E-state index in [0.717, 1.165) is 29.0 Å². The fourth-order valence-corrected chi connectivity index (χ4v) is 4.88. The largest absolute Gasteiger partial charge is 0.491 e. The van der Waals surface area contributed by atoms with Gasteiger partial charge in [-0.2, -0.15) is 0 Å². The van der Waals surface area contributed by atoms with Gasteiger partial charge in [-0.25, -0.2) is 4.98 Å². The van der Waals surface area contributed by atoms with Crippen LogP contribution in [-0.4, -0.2) is 27.4 Å². The van der Waals surface area contributed by atoms with Crippen molar-refractivity contribution >= 4 is 11.0 Å². The zero-order valence-electron chi connectivity index (χ0n) is 16.3. The van der Waals surface area contributed by atoms with Gasteiger partial charge in [0.05, 0.1) is 17.6 Å². The quantitative estimate of drug-likeness (QED) is 0.683. The summed E-state index contributed by atoms with van der Waals surface area (Å²) >= 11 is 0. The summed E-state index contributed by atoms with van der Waals surface area (Å²) in [6.45, 7) is 0.826. The normalized spacial score (nSPS) is 17.9. The SMILES string of the molecule is OC(COc1ccc2c(c1)CCC2)Cn1c(C2CCCC2)nc2ccccc21. The van der Waals surface area contributed by atoms with Gasteiger partial charge >= 0.3 is 0 Å². The van der Waals surface area contributed by atoms with E-state index in [-0.39, 0.29) is 0 Å². The highest BCUT2D eigenvalue weighted by molar-refractivity contribution is 5.76. The molecule has 146 valence electrons. The molecule has 1 heterocycles. The molecule has 1 N–H and O–H groups in total. The van der Waals surface area contributed by atoms with Gasteiger partial charge in [0, 0.05) is 5.92 Å². The van der Waals surface area contributed by atoms with Gasteiger partial charge < -0.3 is 14.4 Å². The molecule has 0 amide bonds. The lowest BCUT2D eigenvalue weighted by Crippen LogP contribution is -2.25. The van der Waals surface area contributed by atoms with Crippen molar-refractivity contribution in [2.45, 2.75) is 63.5 Å². The molecule has 0 saturated heterocycles. The molecule has 1 aromatic heterocycles. The van der Waals surface area contributed by atoms with E-state index in [1.54, 1.807) is 0 Å². The van der Waals surface area contributed by atoms with E-state index in [0.29, 0.717) is 19.1 Å². The lowest BCUT2D eigenvalue weighted by atomic mass is 10.1. The smallest absolute Gasteiger partial charge is 0.119 e. The summed E-state index contributed by atoms with van der Waals surface area (Å²) < 4.78 is 8.16. The topological polar surface area (TPSA) is 47.3 Å². The molecule has 4 heteroatoms. The molecule has 28 heavy (non-hydrogen) atoms. The van der Waals surface area contributed by atoms with E-state index < -0.39 is 6.10 Å². The number of nitrogens with zero attached hydrogens (tertiary/aromatic N) is 2. The average Bonchev–Trinajstić information content (AvgIpc) is 3.46. The number of rotatable bonds is 6. The van der Waals surface area contributed by atoms with Crippen LogP contribution in [0.4, 0.5) is 0 Å². The number of aliphatic hydroxyl groups is 1. The molecular weight excluding hydrogens is 348 g/mol. The molecule has 1 saturated carbocycles. The molecule has 0 spiro atoms. The number of hydrogen-bond acceptors (Lipinski definition) is 3. The van der Waals surface area contributed by atoms with Gasteiger partial charge in [-0.15, -0.1) is 0 Å². The van der Waals surface area contributed by atoms with Crippen LogP contribution in [0.3, 0.4) is 0 Å². The monoisotopic (exact) mass is 376 g/mol. The van der Waals surface area contributed by atoms with E-state index in [9.17, 15) is 5.11 Å². The Kier molecular flexibility index (Phi) is 4.81. The van der Waals surface area contributed by atoms with E-state index in [4.69, 9.17) is 9.72 Å². The van der Waals surface area contributed by atoms with Crippen LogP contribution in [0.5, 0.6) is 5.75 Å². The first kappa shape index (κ1) is 17.7. The standard InChI is InChI=1S/C24H28N2O2/c27-20(16-28-21-13-12-17-8-5-9-19(17)14-21)15-26-23-11-4-3-10-22(23)25-24(26)18-6-1-2-7-18/h3-4,10-14,18,20,27H,1-2,5-9,15-16H2. The van der Waals surface area contributed by atoms with Crippen molar-refractivity contribution in [2.24, 2.45) is 0 Å². The lowest BCUT2D eigenvalue weighted by molar-refractivity contribution is 0.0924. The summed E-state index contributed by atoms with van der Waals surface area (Å²) in [6, 6.07) is 14.6. The molecule has 0 aliphatic heterocycles. The van der Waals surface area contributed by atoms with E-state index in [2.05, 4.69) is 28.8 Å². The summed E-state index contributed by atoms with van der Waals surface area (Å²) in [4.78, 5) is 4.92. The Morgan fingerprint density at radius 3 is 2.75 bits per heavy atom. The van der Waals surface area contributed by atoms with E-state index in [1.807, 2.05) is 18.2 Å². The fourth-order valence-electron chi connectivity index (χ4n) is 4.88. The minimum absolute atomic E-state index is 0.301. The maximum Gasteiger partial charge on any atom is 0.119 e. The summed E-state index contributed by atoms with van der Waals surface area (Å²) in [5.74, 6) is 2.51. The number of benzene rings is 2. The van der Waals surface area contributed by atoms with Crippen LogP contribution in [0, 0.1) is 0 Å². The van der Waals surface area contributed by atoms with Crippen molar-refractivity contribution in [3.05, 3.63) is 59.4 Å². The van der Waals surface area contributed by atoms with Crippen molar-refractivity contribution in [1.29, 1.82) is 0 Å². The van der Waals surface area contributed by atoms with Gasteiger partial charge in [0.25, 0.3) is 0 Å². The van der Waals surface area contributed by atoms with Crippen LogP contribution in [0.15, 0.2) is 42.5 Å². The highest BCUT2D eigenvalue weighted by Crippen LogP contribution is 2.35. The number of para-hydroxylation sites is 2. The number of imidazole rings is 1. The summed E-state index contributed by atoms with van der Waals surface area (Å²) in [5.41, 5.74) is 4.98. The highest BCUT2D eigenvalue weighted by atomic mass is 16.5. The minimum Gasteiger partial charge on any atom is -0.491 e. The first-order chi connectivity index (χ1) is 13.8. The second-order valence-electron chi connectivity index (χ2n) is 8.30. The zero-order chi connectivity index (χ0) is 18.9. The molecule has 5 rings (SSSR count). The van der Waals surface area contributed by atoms with Crippen molar-refractivity contribution < 1.29 is 9.84 Å². The second kappa shape index (κ2) is 7.59. The molecule has 2 aromatic carbocycles. The van der Waals surface area contributed by atoms with Gasteiger partial charge in [0.2, 0.25) is 0 Å². The Morgan fingerprint density at radius 1 is 1.04 bits per heavy atom. The molecule has 0 radical (unpaired) electrons. The average molecular weight is 377 g/mol. The summed E-state index contributed by atoms with van der Waals surface area (Å²) in [7, 11) is 0. The van der Waals surface area contributed by atoms with Crippen LogP contribution in [-0.2, 0) is 19.4 Å². The molecule has 0 bridgehead atoms. The van der Waals surface area contributed by atoms with Gasteiger partial charge in [-0.05, 0) is 67.5 Å². The molecule has 1 unspecified atom stereocenters. The van der Waals surface area contributed by atoms with Crippen molar-refractivity contribution in [3.63, 3.8) is 0 Å². The summed E-state index contributed by atoms with van der Waals surface area (Å²) in [6.07, 6.45) is 7.94. The van der Waals surface area contributed by atoms with Gasteiger partial charge in [0.15, 0.2) is 0 Å². The van der Waals surface area contributed by atoms with E-state index >= 15 is 0 Å². The Balaban J connectivity index is 1.32. The van der Waals surface area contributed by atoms with Crippen LogP contribution in [0.2, 0.25) is 0 Å². The van der Waals surface area contributed by atoms with Gasteiger partial charge in [0.1, 0.15) is 24.3 Å². The first-order valence-corrected chi connectivity index (χ1v) is 10.7. The third-order valence-corrected chi connectivity index (χ3v) is 6.31. The molecule has 2 aliphatic rings. The van der Waals surface area contributed by atoms with Gasteiger partial charge in [-0.1, -0.05) is 31.0 Å². The number of fused-ring (bicyclic) bond motifs is 2. The molecular formula is C24H28N2O2. The number of aromatic nitrogens is 2. The van der Waals surface area contributed by atoms with Crippen molar-refractivity contribution in [2.75, 3.05) is 6.61 Å². The molecule has 1 atom stereocenters. The Hall–Kier alpha value is -2.33. The van der Waals surface area contributed by atoms with Crippen LogP contribution >= 0.6 is 0 Å². The molecule has 1 fully saturated rings. The summed E-state index contributed by atoms with van der Waals surface area (Å²) in [5, 5.41) is 10.7. The molecule has 2 aliphatic carbocycles. The Bertz CT molecular complexity index is 972. The minimum atomic E-state index is -0.564. The lowest BCUT2D eigenvalue weighted by Gasteiger charge is -2.18. The predicted octanol–water partition coefficient (Wildman–Crippen LogP) is 4.62. The van der Waals surface area contributed by atoms with Crippen LogP contribution in [0.25, 0.3) is 11.0 Å². The predicted molar refractivity (Wildman–Crippen MR) is 111 cm³/mol. The molecule has 4 nitrogen and oxygen atoms in total. The Labute approximate surface area is 166 Å². The fraction of sp³-hybridized carbons (Fsp3) is 0.458. The van der Waals surface area contributed by atoms with Crippen LogP contribution in [0.1, 0.15) is 55.0 Å². The third kappa shape index (κ3) is 3.42.